The number of nitrogens with zero attached hydrogens (tertiary/aromatic N) is 3. The topological polar surface area (TPSA) is 71.3 Å². The number of piperidine rings is 1. The average molecular weight is 292 g/mol. The number of rotatable bonds is 3. The maximum Gasteiger partial charge on any atom is 0.266 e. The lowest BCUT2D eigenvalue weighted by atomic mass is 9.73. The van der Waals surface area contributed by atoms with Gasteiger partial charge in [0, 0.05) is 32.5 Å². The van der Waals surface area contributed by atoms with E-state index in [9.17, 15) is 4.79 Å². The Morgan fingerprint density at radius 1 is 1.29 bits per heavy atom. The number of aryl methyl sites for hydroxylation is 1. The monoisotopic (exact) mass is 292 g/mol. The van der Waals surface area contributed by atoms with E-state index in [-0.39, 0.29) is 5.91 Å². The van der Waals surface area contributed by atoms with Crippen molar-refractivity contribution in [2.45, 2.75) is 51.9 Å². The van der Waals surface area contributed by atoms with Gasteiger partial charge >= 0.3 is 0 Å². The molecular formula is C15H24N4O2. The smallest absolute Gasteiger partial charge is 0.266 e. The van der Waals surface area contributed by atoms with Crippen LogP contribution in [0.4, 0.5) is 5.95 Å². The molecule has 1 aromatic rings. The van der Waals surface area contributed by atoms with Gasteiger partial charge in [0.2, 0.25) is 11.8 Å². The molecule has 2 saturated heterocycles. The van der Waals surface area contributed by atoms with Crippen molar-refractivity contribution < 1.29 is 9.32 Å². The molecule has 3 rings (SSSR count). The SMILES string of the molecule is CCCc1nc(N2CCC3(CCNC(=O)CC3)CC2)no1. The zero-order valence-corrected chi connectivity index (χ0v) is 12.7. The van der Waals surface area contributed by atoms with Gasteiger partial charge in [-0.1, -0.05) is 6.92 Å². The summed E-state index contributed by atoms with van der Waals surface area (Å²) in [5.41, 5.74) is 0.325. The molecule has 0 unspecified atom stereocenters. The van der Waals surface area contributed by atoms with Crippen LogP contribution in [0.3, 0.4) is 0 Å². The van der Waals surface area contributed by atoms with Crippen LogP contribution in [0.1, 0.15) is 51.3 Å². The van der Waals surface area contributed by atoms with E-state index in [1.165, 1.54) is 0 Å². The van der Waals surface area contributed by atoms with Crippen LogP contribution >= 0.6 is 0 Å². The van der Waals surface area contributed by atoms with Gasteiger partial charge in [-0.2, -0.15) is 4.98 Å². The minimum absolute atomic E-state index is 0.205. The van der Waals surface area contributed by atoms with Gasteiger partial charge < -0.3 is 14.7 Å². The normalized spacial score (nSPS) is 22.1. The minimum Gasteiger partial charge on any atom is -0.356 e. The van der Waals surface area contributed by atoms with Crippen molar-refractivity contribution in [2.75, 3.05) is 24.5 Å². The second kappa shape index (κ2) is 6.03. The second-order valence-electron chi connectivity index (χ2n) is 6.33. The Morgan fingerprint density at radius 3 is 2.86 bits per heavy atom. The van der Waals surface area contributed by atoms with E-state index in [0.717, 1.165) is 70.0 Å². The maximum atomic E-state index is 11.5. The highest BCUT2D eigenvalue weighted by molar-refractivity contribution is 5.76. The lowest BCUT2D eigenvalue weighted by Gasteiger charge is -2.40. The van der Waals surface area contributed by atoms with Crippen LogP contribution in [0.2, 0.25) is 0 Å². The highest BCUT2D eigenvalue weighted by Crippen LogP contribution is 2.40. The molecule has 6 heteroatoms. The average Bonchev–Trinajstić information content (AvgIpc) is 2.88. The zero-order valence-electron chi connectivity index (χ0n) is 12.7. The van der Waals surface area contributed by atoms with E-state index in [1.54, 1.807) is 0 Å². The van der Waals surface area contributed by atoms with E-state index >= 15 is 0 Å². The third-order valence-corrected chi connectivity index (χ3v) is 4.89. The number of carbonyl (C=O) groups is 1. The van der Waals surface area contributed by atoms with E-state index in [1.807, 2.05) is 0 Å². The molecule has 1 spiro atoms. The molecule has 3 heterocycles. The summed E-state index contributed by atoms with van der Waals surface area (Å²) in [4.78, 5) is 18.2. The molecule has 0 saturated carbocycles. The Labute approximate surface area is 125 Å². The van der Waals surface area contributed by atoms with Gasteiger partial charge in [0.15, 0.2) is 0 Å². The first-order chi connectivity index (χ1) is 10.2. The van der Waals surface area contributed by atoms with Crippen LogP contribution in [0.5, 0.6) is 0 Å². The molecule has 0 atom stereocenters. The lowest BCUT2D eigenvalue weighted by molar-refractivity contribution is -0.120. The first-order valence-corrected chi connectivity index (χ1v) is 8.05. The summed E-state index contributed by atoms with van der Waals surface area (Å²) in [5, 5.41) is 7.08. The second-order valence-corrected chi connectivity index (χ2v) is 6.33. The van der Waals surface area contributed by atoms with Crippen molar-refractivity contribution in [3.05, 3.63) is 5.89 Å². The highest BCUT2D eigenvalue weighted by atomic mass is 16.5. The summed E-state index contributed by atoms with van der Waals surface area (Å²) < 4.78 is 5.27. The number of amides is 1. The van der Waals surface area contributed by atoms with Crippen molar-refractivity contribution in [2.24, 2.45) is 5.41 Å². The van der Waals surface area contributed by atoms with Gasteiger partial charge in [0.25, 0.3) is 5.95 Å². The summed E-state index contributed by atoms with van der Waals surface area (Å²) in [6.45, 7) is 4.84. The Hall–Kier alpha value is -1.59. The van der Waals surface area contributed by atoms with Crippen molar-refractivity contribution in [1.29, 1.82) is 0 Å². The number of nitrogens with one attached hydrogen (secondary N) is 1. The molecule has 2 fully saturated rings. The van der Waals surface area contributed by atoms with Crippen LogP contribution < -0.4 is 10.2 Å². The standard InChI is InChI=1S/C15H24N4O2/c1-2-3-13-17-14(18-21-13)19-10-7-15(8-11-19)5-4-12(20)16-9-6-15/h2-11H2,1H3,(H,16,20). The van der Waals surface area contributed by atoms with Crippen molar-refractivity contribution in [3.63, 3.8) is 0 Å². The van der Waals surface area contributed by atoms with Gasteiger partial charge in [-0.3, -0.25) is 4.79 Å². The molecule has 0 aromatic carbocycles. The molecule has 0 radical (unpaired) electrons. The summed E-state index contributed by atoms with van der Waals surface area (Å²) in [5.74, 6) is 1.67. The van der Waals surface area contributed by atoms with E-state index in [0.29, 0.717) is 11.8 Å². The number of aromatic nitrogens is 2. The molecule has 1 N–H and O–H groups in total. The summed E-state index contributed by atoms with van der Waals surface area (Å²) in [7, 11) is 0. The summed E-state index contributed by atoms with van der Waals surface area (Å²) in [6, 6.07) is 0. The fourth-order valence-corrected chi connectivity index (χ4v) is 3.43. The van der Waals surface area contributed by atoms with Gasteiger partial charge in [0.1, 0.15) is 0 Å². The lowest BCUT2D eigenvalue weighted by Crippen LogP contribution is -2.41. The maximum absolute atomic E-state index is 11.5. The molecule has 0 aliphatic carbocycles. The van der Waals surface area contributed by atoms with Crippen LogP contribution in [-0.4, -0.2) is 35.7 Å². The predicted molar refractivity (Wildman–Crippen MR) is 79.0 cm³/mol. The van der Waals surface area contributed by atoms with E-state index in [4.69, 9.17) is 4.52 Å². The minimum atomic E-state index is 0.205. The predicted octanol–water partition coefficient (Wildman–Crippen LogP) is 1.91. The largest absolute Gasteiger partial charge is 0.356 e. The molecule has 1 amide bonds. The molecular weight excluding hydrogens is 268 g/mol. The number of hydrogen-bond donors (Lipinski definition) is 1. The number of hydrogen-bond acceptors (Lipinski definition) is 5. The third kappa shape index (κ3) is 3.19. The van der Waals surface area contributed by atoms with Gasteiger partial charge in [-0.15, -0.1) is 0 Å². The fraction of sp³-hybridized carbons (Fsp3) is 0.800. The molecule has 0 bridgehead atoms. The van der Waals surface area contributed by atoms with Crippen LogP contribution in [0, 0.1) is 5.41 Å². The number of carbonyl (C=O) groups excluding carboxylic acids is 1. The fourth-order valence-electron chi connectivity index (χ4n) is 3.43. The quantitative estimate of drug-likeness (QED) is 0.921. The Balaban J connectivity index is 1.60. The van der Waals surface area contributed by atoms with Crippen LogP contribution in [0.25, 0.3) is 0 Å². The first kappa shape index (κ1) is 14.4. The van der Waals surface area contributed by atoms with E-state index < -0.39 is 0 Å². The highest BCUT2D eigenvalue weighted by Gasteiger charge is 2.36. The molecule has 1 aromatic heterocycles. The van der Waals surface area contributed by atoms with Gasteiger partial charge in [0.05, 0.1) is 0 Å². The zero-order chi connectivity index (χ0) is 14.7. The Kier molecular flexibility index (Phi) is 4.12. The Morgan fingerprint density at radius 2 is 2.10 bits per heavy atom. The summed E-state index contributed by atoms with van der Waals surface area (Å²) in [6.07, 6.45) is 6.87. The Bertz CT molecular complexity index is 492. The van der Waals surface area contributed by atoms with Crippen LogP contribution in [0.15, 0.2) is 4.52 Å². The van der Waals surface area contributed by atoms with Crippen molar-refractivity contribution >= 4 is 11.9 Å². The third-order valence-electron chi connectivity index (χ3n) is 4.89. The number of anilines is 1. The molecule has 116 valence electrons. The summed E-state index contributed by atoms with van der Waals surface area (Å²) >= 11 is 0. The van der Waals surface area contributed by atoms with E-state index in [2.05, 4.69) is 27.3 Å². The van der Waals surface area contributed by atoms with Crippen molar-refractivity contribution in [1.82, 2.24) is 15.5 Å². The van der Waals surface area contributed by atoms with Crippen molar-refractivity contribution in [3.8, 4) is 0 Å². The molecule has 2 aliphatic heterocycles. The molecule has 21 heavy (non-hydrogen) atoms. The van der Waals surface area contributed by atoms with Gasteiger partial charge in [-0.25, -0.2) is 0 Å². The first-order valence-electron chi connectivity index (χ1n) is 8.05. The van der Waals surface area contributed by atoms with Crippen LogP contribution in [-0.2, 0) is 11.2 Å². The van der Waals surface area contributed by atoms with Gasteiger partial charge in [-0.05, 0) is 42.7 Å². The molecule has 2 aliphatic rings. The molecule has 6 nitrogen and oxygen atoms in total.